The number of hydrogen-bond donors (Lipinski definition) is 1. The van der Waals surface area contributed by atoms with Crippen molar-refractivity contribution in [3.8, 4) is 5.69 Å². The fourth-order valence-electron chi connectivity index (χ4n) is 3.44. The van der Waals surface area contributed by atoms with Gasteiger partial charge in [0, 0.05) is 36.0 Å². The number of anilines is 1. The fourth-order valence-corrected chi connectivity index (χ4v) is 3.78. The number of nitrogens with zero attached hydrogens (tertiary/aromatic N) is 3. The van der Waals surface area contributed by atoms with Crippen molar-refractivity contribution < 1.29 is 18.7 Å². The third-order valence-corrected chi connectivity index (χ3v) is 5.58. The monoisotopic (exact) mass is 468 g/mol. The Morgan fingerprint density at radius 1 is 1.09 bits per heavy atom. The zero-order valence-corrected chi connectivity index (χ0v) is 18.7. The summed E-state index contributed by atoms with van der Waals surface area (Å²) < 4.78 is 19.9. The minimum atomic E-state index is -0.354. The number of halogens is 2. The molecule has 7 nitrogen and oxygen atoms in total. The van der Waals surface area contributed by atoms with Gasteiger partial charge in [-0.1, -0.05) is 11.6 Å². The van der Waals surface area contributed by atoms with Gasteiger partial charge in [0.1, 0.15) is 11.0 Å². The Kier molecular flexibility index (Phi) is 6.86. The van der Waals surface area contributed by atoms with E-state index in [0.29, 0.717) is 59.7 Å². The summed E-state index contributed by atoms with van der Waals surface area (Å²) in [5.74, 6) is -0.763. The van der Waals surface area contributed by atoms with Gasteiger partial charge in [0.05, 0.1) is 24.6 Å². The van der Waals surface area contributed by atoms with E-state index in [9.17, 15) is 14.0 Å². The highest BCUT2D eigenvalue weighted by Gasteiger charge is 2.18. The van der Waals surface area contributed by atoms with E-state index in [-0.39, 0.29) is 17.6 Å². The molecular weight excluding hydrogens is 447 g/mol. The zero-order chi connectivity index (χ0) is 23.4. The molecule has 4 rings (SSSR count). The standard InChI is InChI=1S/C24H22ClFN4O3/c1-16-21(23(25)30(28-16)20-8-4-18(26)5-9-20)10-11-22(31)27-19-6-2-17(3-7-19)24(32)29-12-14-33-15-13-29/h2-11H,12-15H2,1H3,(H,27,31)/b11-10+. The first-order valence-corrected chi connectivity index (χ1v) is 10.8. The Hall–Kier alpha value is -3.49. The molecule has 0 atom stereocenters. The van der Waals surface area contributed by atoms with E-state index >= 15 is 0 Å². The van der Waals surface area contributed by atoms with Gasteiger partial charge in [-0.15, -0.1) is 0 Å². The average Bonchev–Trinajstić information content (AvgIpc) is 3.12. The van der Waals surface area contributed by atoms with Crippen LogP contribution in [0.4, 0.5) is 10.1 Å². The van der Waals surface area contributed by atoms with Crippen molar-refractivity contribution in [3.05, 3.63) is 82.4 Å². The summed E-state index contributed by atoms with van der Waals surface area (Å²) in [6.07, 6.45) is 2.94. The van der Waals surface area contributed by atoms with Crippen LogP contribution in [0.2, 0.25) is 5.15 Å². The van der Waals surface area contributed by atoms with Crippen molar-refractivity contribution in [1.29, 1.82) is 0 Å². The number of hydrogen-bond acceptors (Lipinski definition) is 4. The second-order valence-electron chi connectivity index (χ2n) is 7.48. The highest BCUT2D eigenvalue weighted by Crippen LogP contribution is 2.25. The van der Waals surface area contributed by atoms with Crippen LogP contribution in [0.25, 0.3) is 11.8 Å². The maximum atomic E-state index is 13.2. The lowest BCUT2D eigenvalue weighted by atomic mass is 10.1. The Balaban J connectivity index is 1.41. The lowest BCUT2D eigenvalue weighted by Crippen LogP contribution is -2.40. The quantitative estimate of drug-likeness (QED) is 0.572. The number of nitrogens with one attached hydrogen (secondary N) is 1. The number of morpholine rings is 1. The van der Waals surface area contributed by atoms with Gasteiger partial charge >= 0.3 is 0 Å². The molecule has 2 aromatic carbocycles. The van der Waals surface area contributed by atoms with E-state index in [1.54, 1.807) is 54.3 Å². The highest BCUT2D eigenvalue weighted by atomic mass is 35.5. The molecule has 1 saturated heterocycles. The summed E-state index contributed by atoms with van der Waals surface area (Å²) in [6, 6.07) is 12.5. The van der Waals surface area contributed by atoms with E-state index in [0.717, 1.165) is 0 Å². The maximum Gasteiger partial charge on any atom is 0.254 e. The van der Waals surface area contributed by atoms with Crippen LogP contribution in [0.15, 0.2) is 54.6 Å². The number of aryl methyl sites for hydroxylation is 1. The van der Waals surface area contributed by atoms with Gasteiger partial charge in [-0.3, -0.25) is 9.59 Å². The zero-order valence-electron chi connectivity index (χ0n) is 17.9. The van der Waals surface area contributed by atoms with Crippen molar-refractivity contribution in [2.45, 2.75) is 6.92 Å². The third kappa shape index (κ3) is 5.30. The predicted molar refractivity (Wildman–Crippen MR) is 124 cm³/mol. The molecule has 0 bridgehead atoms. The second kappa shape index (κ2) is 9.97. The van der Waals surface area contributed by atoms with E-state index < -0.39 is 0 Å². The summed E-state index contributed by atoms with van der Waals surface area (Å²) in [5, 5.41) is 7.45. The first-order valence-electron chi connectivity index (χ1n) is 10.4. The molecule has 0 aliphatic carbocycles. The van der Waals surface area contributed by atoms with E-state index in [1.807, 2.05) is 0 Å². The molecule has 1 aliphatic rings. The highest BCUT2D eigenvalue weighted by molar-refractivity contribution is 6.31. The number of ether oxygens (including phenoxy) is 1. The Bertz CT molecular complexity index is 1180. The maximum absolute atomic E-state index is 13.2. The van der Waals surface area contributed by atoms with Crippen LogP contribution >= 0.6 is 11.6 Å². The molecule has 0 radical (unpaired) electrons. The summed E-state index contributed by atoms with van der Waals surface area (Å²) >= 11 is 6.44. The SMILES string of the molecule is Cc1nn(-c2ccc(F)cc2)c(Cl)c1/C=C/C(=O)Nc1ccc(C(=O)N2CCOCC2)cc1. The number of carbonyl (C=O) groups is 2. The van der Waals surface area contributed by atoms with Crippen molar-refractivity contribution in [3.63, 3.8) is 0 Å². The molecule has 9 heteroatoms. The van der Waals surface area contributed by atoms with Crippen molar-refractivity contribution in [2.75, 3.05) is 31.6 Å². The molecule has 2 heterocycles. The van der Waals surface area contributed by atoms with Gasteiger partial charge in [-0.05, 0) is 61.5 Å². The number of aromatic nitrogens is 2. The summed E-state index contributed by atoms with van der Waals surface area (Å²) in [6.45, 7) is 3.99. The molecule has 1 N–H and O–H groups in total. The van der Waals surface area contributed by atoms with Crippen LogP contribution in [0.3, 0.4) is 0 Å². The summed E-state index contributed by atoms with van der Waals surface area (Å²) in [5.41, 5.74) is 2.94. The van der Waals surface area contributed by atoms with E-state index in [1.165, 1.54) is 22.9 Å². The Morgan fingerprint density at radius 2 is 1.76 bits per heavy atom. The smallest absolute Gasteiger partial charge is 0.254 e. The average molecular weight is 469 g/mol. The molecule has 1 fully saturated rings. The summed E-state index contributed by atoms with van der Waals surface area (Å²) in [4.78, 5) is 26.6. The van der Waals surface area contributed by atoms with Crippen LogP contribution in [0.5, 0.6) is 0 Å². The van der Waals surface area contributed by atoms with Gasteiger partial charge in [-0.25, -0.2) is 9.07 Å². The van der Waals surface area contributed by atoms with E-state index in [2.05, 4.69) is 10.4 Å². The molecule has 2 amide bonds. The lowest BCUT2D eigenvalue weighted by Gasteiger charge is -2.26. The van der Waals surface area contributed by atoms with Crippen LogP contribution in [-0.2, 0) is 9.53 Å². The van der Waals surface area contributed by atoms with Gasteiger partial charge in [0.15, 0.2) is 0 Å². The van der Waals surface area contributed by atoms with Crippen LogP contribution in [-0.4, -0.2) is 52.8 Å². The number of benzene rings is 2. The lowest BCUT2D eigenvalue weighted by molar-refractivity contribution is -0.111. The summed E-state index contributed by atoms with van der Waals surface area (Å²) in [7, 11) is 0. The van der Waals surface area contributed by atoms with Crippen molar-refractivity contribution in [1.82, 2.24) is 14.7 Å². The molecular formula is C24H22ClFN4O3. The van der Waals surface area contributed by atoms with Crippen molar-refractivity contribution >= 4 is 35.2 Å². The molecule has 0 spiro atoms. The first-order chi connectivity index (χ1) is 15.9. The third-order valence-electron chi connectivity index (χ3n) is 5.22. The van der Waals surface area contributed by atoms with Gasteiger partial charge in [-0.2, -0.15) is 5.10 Å². The fraction of sp³-hybridized carbons (Fsp3) is 0.208. The Labute approximate surface area is 195 Å². The van der Waals surface area contributed by atoms with Gasteiger partial charge < -0.3 is 15.0 Å². The van der Waals surface area contributed by atoms with Crippen molar-refractivity contribution in [2.24, 2.45) is 0 Å². The second-order valence-corrected chi connectivity index (χ2v) is 7.84. The Morgan fingerprint density at radius 3 is 2.42 bits per heavy atom. The molecule has 1 aromatic heterocycles. The molecule has 33 heavy (non-hydrogen) atoms. The number of amides is 2. The largest absolute Gasteiger partial charge is 0.378 e. The van der Waals surface area contributed by atoms with Crippen LogP contribution < -0.4 is 5.32 Å². The molecule has 170 valence electrons. The first kappa shape index (κ1) is 22.7. The minimum absolute atomic E-state index is 0.0562. The molecule has 0 saturated carbocycles. The molecule has 1 aliphatic heterocycles. The molecule has 0 unspecified atom stereocenters. The number of rotatable bonds is 5. The molecule has 3 aromatic rings. The number of carbonyl (C=O) groups excluding carboxylic acids is 2. The van der Waals surface area contributed by atoms with Crippen LogP contribution in [0, 0.1) is 12.7 Å². The van der Waals surface area contributed by atoms with Gasteiger partial charge in [0.2, 0.25) is 5.91 Å². The normalized spacial score (nSPS) is 14.0. The van der Waals surface area contributed by atoms with Crippen LogP contribution in [0.1, 0.15) is 21.6 Å². The predicted octanol–water partition coefficient (Wildman–Crippen LogP) is 4.10. The van der Waals surface area contributed by atoms with E-state index in [4.69, 9.17) is 16.3 Å². The van der Waals surface area contributed by atoms with Gasteiger partial charge in [0.25, 0.3) is 5.91 Å². The minimum Gasteiger partial charge on any atom is -0.378 e. The topological polar surface area (TPSA) is 76.5 Å².